The lowest BCUT2D eigenvalue weighted by atomic mass is 9.99. The molecule has 186 valence electrons. The van der Waals surface area contributed by atoms with Gasteiger partial charge in [0.1, 0.15) is 11.5 Å². The van der Waals surface area contributed by atoms with Crippen molar-refractivity contribution in [1.29, 1.82) is 0 Å². The number of hydrogen-bond acceptors (Lipinski definition) is 7. The summed E-state index contributed by atoms with van der Waals surface area (Å²) >= 11 is 0. The van der Waals surface area contributed by atoms with Crippen molar-refractivity contribution >= 4 is 5.95 Å². The molecule has 7 nitrogen and oxygen atoms in total. The first-order valence-corrected chi connectivity index (χ1v) is 12.4. The third-order valence-corrected chi connectivity index (χ3v) is 6.72. The van der Waals surface area contributed by atoms with Gasteiger partial charge in [0.2, 0.25) is 5.95 Å². The second kappa shape index (κ2) is 12.5. The van der Waals surface area contributed by atoms with Gasteiger partial charge in [-0.15, -0.1) is 0 Å². The minimum Gasteiger partial charge on any atom is -0.497 e. The zero-order valence-electron chi connectivity index (χ0n) is 21.0. The maximum Gasteiger partial charge on any atom is 0.222 e. The first-order chi connectivity index (χ1) is 17.2. The average Bonchev–Trinajstić information content (AvgIpc) is 3.31. The van der Waals surface area contributed by atoms with Gasteiger partial charge >= 0.3 is 0 Å². The molecule has 3 atom stereocenters. The van der Waals surface area contributed by atoms with Crippen molar-refractivity contribution in [2.24, 2.45) is 0 Å². The van der Waals surface area contributed by atoms with Crippen LogP contribution < -0.4 is 20.1 Å². The normalized spacial score (nSPS) is 18.8. The molecule has 1 saturated heterocycles. The van der Waals surface area contributed by atoms with E-state index in [9.17, 15) is 0 Å². The summed E-state index contributed by atoms with van der Waals surface area (Å²) < 4.78 is 11.0. The van der Waals surface area contributed by atoms with Gasteiger partial charge in [-0.25, -0.2) is 9.97 Å². The maximum atomic E-state index is 5.61. The van der Waals surface area contributed by atoms with Crippen LogP contribution in [-0.4, -0.2) is 54.3 Å². The lowest BCUT2D eigenvalue weighted by Gasteiger charge is -2.30. The van der Waals surface area contributed by atoms with Crippen LogP contribution >= 0.6 is 0 Å². The van der Waals surface area contributed by atoms with E-state index in [1.165, 1.54) is 5.56 Å². The number of nitrogens with zero attached hydrogens (tertiary/aromatic N) is 3. The third-order valence-electron chi connectivity index (χ3n) is 6.72. The Hall–Kier alpha value is -3.16. The molecule has 0 bridgehead atoms. The molecule has 0 amide bonds. The standard InChI is InChI=1S/C28H37N5O2/c1-21(32-28-29-15-8-16-30-28)9-7-17-33-18-14-25(27(33)22-10-5-4-6-11-22)31-20-23-12-13-24(34-2)19-26(23)35-3/h4-6,8,10-13,15-16,19,21,25,27,31H,7,9,14,17-18,20H2,1-3H3,(H,29,30,32). The zero-order chi connectivity index (χ0) is 24.5. The van der Waals surface area contributed by atoms with Gasteiger partial charge in [0.15, 0.2) is 0 Å². The highest BCUT2D eigenvalue weighted by molar-refractivity contribution is 5.40. The topological polar surface area (TPSA) is 71.5 Å². The van der Waals surface area contributed by atoms with Gasteiger partial charge in [0.05, 0.1) is 20.3 Å². The molecule has 0 aliphatic carbocycles. The van der Waals surface area contributed by atoms with Crippen LogP contribution in [0.4, 0.5) is 5.95 Å². The van der Waals surface area contributed by atoms with Gasteiger partial charge in [0.25, 0.3) is 0 Å². The van der Waals surface area contributed by atoms with Crippen molar-refractivity contribution in [3.63, 3.8) is 0 Å². The van der Waals surface area contributed by atoms with Crippen molar-refractivity contribution in [2.75, 3.05) is 32.6 Å². The minimum atomic E-state index is 0.326. The molecular weight excluding hydrogens is 438 g/mol. The van der Waals surface area contributed by atoms with Crippen LogP contribution in [0.5, 0.6) is 11.5 Å². The van der Waals surface area contributed by atoms with Gasteiger partial charge < -0.3 is 20.1 Å². The fraction of sp³-hybridized carbons (Fsp3) is 0.429. The lowest BCUT2D eigenvalue weighted by molar-refractivity contribution is 0.230. The number of methoxy groups -OCH3 is 2. The highest BCUT2D eigenvalue weighted by Crippen LogP contribution is 2.33. The predicted octanol–water partition coefficient (Wildman–Crippen LogP) is 4.68. The molecule has 0 spiro atoms. The van der Waals surface area contributed by atoms with Crippen molar-refractivity contribution in [3.8, 4) is 11.5 Å². The Balaban J connectivity index is 1.37. The van der Waals surface area contributed by atoms with Crippen LogP contribution in [-0.2, 0) is 6.54 Å². The van der Waals surface area contributed by atoms with Crippen LogP contribution in [0.3, 0.4) is 0 Å². The van der Waals surface area contributed by atoms with Crippen LogP contribution in [0, 0.1) is 0 Å². The number of hydrogen-bond donors (Lipinski definition) is 2. The summed E-state index contributed by atoms with van der Waals surface area (Å²) in [6, 6.07) is 19.8. The van der Waals surface area contributed by atoms with E-state index in [0.29, 0.717) is 24.1 Å². The van der Waals surface area contributed by atoms with Gasteiger partial charge in [-0.2, -0.15) is 0 Å². The summed E-state index contributed by atoms with van der Waals surface area (Å²) in [5.74, 6) is 2.36. The van der Waals surface area contributed by atoms with Crippen molar-refractivity contribution in [1.82, 2.24) is 20.2 Å². The minimum absolute atomic E-state index is 0.326. The molecule has 0 saturated carbocycles. The lowest BCUT2D eigenvalue weighted by Crippen LogP contribution is -2.36. The fourth-order valence-corrected chi connectivity index (χ4v) is 4.92. The Morgan fingerprint density at radius 1 is 1.03 bits per heavy atom. The second-order valence-corrected chi connectivity index (χ2v) is 9.11. The van der Waals surface area contributed by atoms with E-state index in [4.69, 9.17) is 9.47 Å². The van der Waals surface area contributed by atoms with Gasteiger partial charge in [-0.3, -0.25) is 4.90 Å². The molecule has 1 fully saturated rings. The average molecular weight is 476 g/mol. The van der Waals surface area contributed by atoms with E-state index in [0.717, 1.165) is 56.0 Å². The van der Waals surface area contributed by atoms with Crippen LogP contribution in [0.1, 0.15) is 43.4 Å². The largest absolute Gasteiger partial charge is 0.497 e. The third kappa shape index (κ3) is 6.71. The first-order valence-electron chi connectivity index (χ1n) is 12.4. The quantitative estimate of drug-likeness (QED) is 0.394. The van der Waals surface area contributed by atoms with Crippen molar-refractivity contribution in [2.45, 2.75) is 50.9 Å². The molecule has 2 N–H and O–H groups in total. The summed E-state index contributed by atoms with van der Waals surface area (Å²) in [5, 5.41) is 7.23. The van der Waals surface area contributed by atoms with E-state index in [2.05, 4.69) is 68.8 Å². The van der Waals surface area contributed by atoms with Crippen molar-refractivity contribution < 1.29 is 9.47 Å². The van der Waals surface area contributed by atoms with Gasteiger partial charge in [-0.1, -0.05) is 36.4 Å². The second-order valence-electron chi connectivity index (χ2n) is 9.11. The van der Waals surface area contributed by atoms with Crippen molar-refractivity contribution in [3.05, 3.63) is 78.1 Å². The highest BCUT2D eigenvalue weighted by atomic mass is 16.5. The van der Waals surface area contributed by atoms with Gasteiger partial charge in [-0.05, 0) is 50.4 Å². The Labute approximate surface area is 208 Å². The monoisotopic (exact) mass is 475 g/mol. The summed E-state index contributed by atoms with van der Waals surface area (Å²) in [5.41, 5.74) is 2.51. The Morgan fingerprint density at radius 2 is 1.83 bits per heavy atom. The first kappa shape index (κ1) is 24.9. The molecule has 3 aromatic rings. The number of benzene rings is 2. The number of ether oxygens (including phenoxy) is 2. The maximum absolute atomic E-state index is 5.61. The van der Waals surface area contributed by atoms with E-state index >= 15 is 0 Å². The summed E-state index contributed by atoms with van der Waals surface area (Å²) in [4.78, 5) is 11.2. The molecule has 4 rings (SSSR count). The SMILES string of the molecule is COc1ccc(CNC2CCN(CCCC(C)Nc3ncccn3)C2c2ccccc2)c(OC)c1. The smallest absolute Gasteiger partial charge is 0.222 e. The van der Waals surface area contributed by atoms with E-state index in [1.807, 2.05) is 18.2 Å². The zero-order valence-corrected chi connectivity index (χ0v) is 21.0. The van der Waals surface area contributed by atoms with Crippen LogP contribution in [0.25, 0.3) is 0 Å². The van der Waals surface area contributed by atoms with E-state index in [-0.39, 0.29) is 0 Å². The molecule has 7 heteroatoms. The fourth-order valence-electron chi connectivity index (χ4n) is 4.92. The molecule has 1 aliphatic heterocycles. The Kier molecular flexibility index (Phi) is 8.92. The van der Waals surface area contributed by atoms with Crippen LogP contribution in [0.2, 0.25) is 0 Å². The molecule has 2 aromatic carbocycles. The number of aromatic nitrogens is 2. The van der Waals surface area contributed by atoms with Gasteiger partial charge in [0, 0.05) is 49.2 Å². The summed E-state index contributed by atoms with van der Waals surface area (Å²) in [7, 11) is 3.39. The summed E-state index contributed by atoms with van der Waals surface area (Å²) in [6.07, 6.45) is 6.83. The molecule has 1 aromatic heterocycles. The molecule has 35 heavy (non-hydrogen) atoms. The number of likely N-dealkylation sites (tertiary alicyclic amines) is 1. The molecule has 2 heterocycles. The number of anilines is 1. The number of nitrogens with one attached hydrogen (secondary N) is 2. The van der Waals surface area contributed by atoms with E-state index in [1.54, 1.807) is 26.6 Å². The highest BCUT2D eigenvalue weighted by Gasteiger charge is 2.34. The molecule has 3 unspecified atom stereocenters. The molecule has 1 aliphatic rings. The van der Waals surface area contributed by atoms with Crippen LogP contribution in [0.15, 0.2) is 67.0 Å². The predicted molar refractivity (Wildman–Crippen MR) is 140 cm³/mol. The number of rotatable bonds is 12. The van der Waals surface area contributed by atoms with E-state index < -0.39 is 0 Å². The Morgan fingerprint density at radius 3 is 2.57 bits per heavy atom. The molecule has 0 radical (unpaired) electrons. The Bertz CT molecular complexity index is 1030. The molecular formula is C28H37N5O2. The summed E-state index contributed by atoms with van der Waals surface area (Å²) in [6.45, 7) is 5.10.